The summed E-state index contributed by atoms with van der Waals surface area (Å²) in [6, 6.07) is 7.67. The van der Waals surface area contributed by atoms with Crippen molar-refractivity contribution < 1.29 is 14.6 Å². The maximum Gasteiger partial charge on any atom is 0.237 e. The Morgan fingerprint density at radius 3 is 2.90 bits per heavy atom. The average Bonchev–Trinajstić information content (AvgIpc) is 2.90. The zero-order chi connectivity index (χ0) is 15.2. The van der Waals surface area contributed by atoms with Gasteiger partial charge in [0.25, 0.3) is 0 Å². The van der Waals surface area contributed by atoms with Crippen molar-refractivity contribution >= 4 is 5.91 Å². The third-order valence-corrected chi connectivity index (χ3v) is 3.62. The molecule has 0 radical (unpaired) electrons. The number of aliphatic hydroxyl groups excluding tert-OH is 1. The lowest BCUT2D eigenvalue weighted by Gasteiger charge is -2.15. The van der Waals surface area contributed by atoms with E-state index in [2.05, 4.69) is 30.5 Å². The molecule has 0 aliphatic carbocycles. The quantitative estimate of drug-likeness (QED) is 0.685. The predicted octanol–water partition coefficient (Wildman–Crippen LogP) is 1.03. The van der Waals surface area contributed by atoms with Crippen LogP contribution >= 0.6 is 0 Å². The first-order valence-electron chi connectivity index (χ1n) is 7.49. The minimum Gasteiger partial charge on any atom is -0.491 e. The molecule has 2 rings (SSSR count). The highest BCUT2D eigenvalue weighted by Crippen LogP contribution is 2.25. The Morgan fingerprint density at radius 1 is 1.48 bits per heavy atom. The second-order valence-corrected chi connectivity index (χ2v) is 5.68. The lowest BCUT2D eigenvalue weighted by Crippen LogP contribution is -2.41. The van der Waals surface area contributed by atoms with Crippen molar-refractivity contribution in [2.24, 2.45) is 0 Å². The number of carbonyl (C=O) groups is 1. The lowest BCUT2D eigenvalue weighted by atomic mass is 10.0. The minimum atomic E-state index is -0.421. The first-order chi connectivity index (χ1) is 10.1. The molecule has 116 valence electrons. The summed E-state index contributed by atoms with van der Waals surface area (Å²) in [7, 11) is 0. The van der Waals surface area contributed by atoms with Gasteiger partial charge >= 0.3 is 0 Å². The Balaban J connectivity index is 1.74. The van der Waals surface area contributed by atoms with E-state index in [9.17, 15) is 9.90 Å². The molecule has 1 aromatic rings. The van der Waals surface area contributed by atoms with E-state index >= 15 is 0 Å². The molecule has 1 amide bonds. The van der Waals surface area contributed by atoms with Gasteiger partial charge in [-0.1, -0.05) is 32.0 Å². The summed E-state index contributed by atoms with van der Waals surface area (Å²) in [5.41, 5.74) is 1.17. The smallest absolute Gasteiger partial charge is 0.237 e. The van der Waals surface area contributed by atoms with Crippen LogP contribution in [0.5, 0.6) is 5.75 Å². The standard InChI is InChI=1S/C16H24N2O3/c1-11(2)13-5-3-4-6-15(13)21-8-7-17-16(20)14-9-12(19)10-18-14/h3-6,11-12,14,18-19H,7-10H2,1-2H3,(H,17,20). The second kappa shape index (κ2) is 7.43. The summed E-state index contributed by atoms with van der Waals surface area (Å²) in [5, 5.41) is 15.2. The van der Waals surface area contributed by atoms with E-state index in [1.54, 1.807) is 0 Å². The monoisotopic (exact) mass is 292 g/mol. The zero-order valence-corrected chi connectivity index (χ0v) is 12.6. The third-order valence-electron chi connectivity index (χ3n) is 3.62. The molecule has 2 unspecified atom stereocenters. The molecule has 0 spiro atoms. The van der Waals surface area contributed by atoms with Crippen LogP contribution in [0, 0.1) is 0 Å². The van der Waals surface area contributed by atoms with Crippen LogP contribution in [0.4, 0.5) is 0 Å². The largest absolute Gasteiger partial charge is 0.491 e. The molecule has 1 aromatic carbocycles. The van der Waals surface area contributed by atoms with Gasteiger partial charge in [0.05, 0.1) is 18.7 Å². The lowest BCUT2D eigenvalue weighted by molar-refractivity contribution is -0.123. The summed E-state index contributed by atoms with van der Waals surface area (Å²) in [5.74, 6) is 1.20. The van der Waals surface area contributed by atoms with Gasteiger partial charge in [-0.25, -0.2) is 0 Å². The summed E-state index contributed by atoms with van der Waals surface area (Å²) in [4.78, 5) is 11.8. The Bertz CT molecular complexity index is 476. The van der Waals surface area contributed by atoms with Crippen molar-refractivity contribution in [3.63, 3.8) is 0 Å². The number of aliphatic hydroxyl groups is 1. The van der Waals surface area contributed by atoms with Gasteiger partial charge in [-0.2, -0.15) is 0 Å². The van der Waals surface area contributed by atoms with Crippen molar-refractivity contribution in [1.29, 1.82) is 0 Å². The van der Waals surface area contributed by atoms with Crippen LogP contribution in [-0.4, -0.2) is 42.9 Å². The number of hydrogen-bond acceptors (Lipinski definition) is 4. The van der Waals surface area contributed by atoms with Crippen LogP contribution in [0.1, 0.15) is 31.7 Å². The van der Waals surface area contributed by atoms with Gasteiger partial charge in [0.1, 0.15) is 12.4 Å². The fourth-order valence-electron chi connectivity index (χ4n) is 2.46. The molecular formula is C16H24N2O3. The van der Waals surface area contributed by atoms with Crippen LogP contribution in [-0.2, 0) is 4.79 Å². The number of para-hydroxylation sites is 1. The van der Waals surface area contributed by atoms with E-state index in [1.807, 2.05) is 18.2 Å². The minimum absolute atomic E-state index is 0.0766. The van der Waals surface area contributed by atoms with Crippen molar-refractivity contribution in [3.05, 3.63) is 29.8 Å². The molecular weight excluding hydrogens is 268 g/mol. The van der Waals surface area contributed by atoms with Gasteiger partial charge in [-0.05, 0) is 24.0 Å². The summed E-state index contributed by atoms with van der Waals surface area (Å²) in [6.07, 6.45) is 0.0537. The van der Waals surface area contributed by atoms with Gasteiger partial charge < -0.3 is 20.5 Å². The Kier molecular flexibility index (Phi) is 5.59. The van der Waals surface area contributed by atoms with Crippen molar-refractivity contribution in [2.45, 2.75) is 38.3 Å². The van der Waals surface area contributed by atoms with Crippen LogP contribution < -0.4 is 15.4 Å². The fourth-order valence-corrected chi connectivity index (χ4v) is 2.46. The topological polar surface area (TPSA) is 70.6 Å². The van der Waals surface area contributed by atoms with Gasteiger partial charge in [0, 0.05) is 6.54 Å². The van der Waals surface area contributed by atoms with Crippen LogP contribution in [0.15, 0.2) is 24.3 Å². The molecule has 1 heterocycles. The van der Waals surface area contributed by atoms with Gasteiger partial charge in [0.15, 0.2) is 0 Å². The first kappa shape index (κ1) is 15.8. The Labute approximate surface area is 125 Å². The molecule has 1 fully saturated rings. The number of amides is 1. The van der Waals surface area contributed by atoms with E-state index in [0.29, 0.717) is 32.0 Å². The van der Waals surface area contributed by atoms with E-state index in [-0.39, 0.29) is 11.9 Å². The number of β-amino-alcohol motifs (C(OH)–C–C–N with tert-alkyl or cyclic N) is 1. The normalized spacial score (nSPS) is 21.5. The molecule has 0 saturated carbocycles. The van der Waals surface area contributed by atoms with Crippen LogP contribution in [0.2, 0.25) is 0 Å². The number of ether oxygens (including phenoxy) is 1. The molecule has 1 aliphatic rings. The highest BCUT2D eigenvalue weighted by atomic mass is 16.5. The molecule has 3 N–H and O–H groups in total. The van der Waals surface area contributed by atoms with Gasteiger partial charge in [-0.15, -0.1) is 0 Å². The van der Waals surface area contributed by atoms with Crippen molar-refractivity contribution in [2.75, 3.05) is 19.7 Å². The summed E-state index contributed by atoms with van der Waals surface area (Å²) < 4.78 is 5.75. The van der Waals surface area contributed by atoms with Crippen molar-refractivity contribution in [3.8, 4) is 5.75 Å². The molecule has 5 heteroatoms. The van der Waals surface area contributed by atoms with Crippen molar-refractivity contribution in [1.82, 2.24) is 10.6 Å². The van der Waals surface area contributed by atoms with Gasteiger partial charge in [0.2, 0.25) is 5.91 Å². The Hall–Kier alpha value is -1.59. The summed E-state index contributed by atoms with van der Waals surface area (Å²) >= 11 is 0. The third kappa shape index (κ3) is 4.44. The van der Waals surface area contributed by atoms with Crippen LogP contribution in [0.25, 0.3) is 0 Å². The Morgan fingerprint density at radius 2 is 2.24 bits per heavy atom. The van der Waals surface area contributed by atoms with E-state index in [0.717, 1.165) is 5.75 Å². The van der Waals surface area contributed by atoms with E-state index < -0.39 is 6.10 Å². The molecule has 0 bridgehead atoms. The zero-order valence-electron chi connectivity index (χ0n) is 12.6. The number of carbonyl (C=O) groups excluding carboxylic acids is 1. The van der Waals surface area contributed by atoms with Crippen LogP contribution in [0.3, 0.4) is 0 Å². The molecule has 0 aromatic heterocycles. The molecule has 5 nitrogen and oxygen atoms in total. The maximum absolute atomic E-state index is 11.8. The SMILES string of the molecule is CC(C)c1ccccc1OCCNC(=O)C1CC(O)CN1. The molecule has 21 heavy (non-hydrogen) atoms. The number of rotatable bonds is 6. The predicted molar refractivity (Wildman–Crippen MR) is 81.5 cm³/mol. The maximum atomic E-state index is 11.8. The average molecular weight is 292 g/mol. The molecule has 2 atom stereocenters. The van der Waals surface area contributed by atoms with E-state index in [4.69, 9.17) is 4.74 Å². The number of hydrogen-bond donors (Lipinski definition) is 3. The number of nitrogens with one attached hydrogen (secondary N) is 2. The van der Waals surface area contributed by atoms with E-state index in [1.165, 1.54) is 5.56 Å². The first-order valence-corrected chi connectivity index (χ1v) is 7.49. The number of benzene rings is 1. The summed E-state index contributed by atoms with van der Waals surface area (Å²) in [6.45, 7) is 5.63. The second-order valence-electron chi connectivity index (χ2n) is 5.68. The molecule has 1 aliphatic heterocycles. The molecule has 1 saturated heterocycles. The highest BCUT2D eigenvalue weighted by molar-refractivity contribution is 5.82. The fraction of sp³-hybridized carbons (Fsp3) is 0.562. The highest BCUT2D eigenvalue weighted by Gasteiger charge is 2.27. The van der Waals surface area contributed by atoms with Gasteiger partial charge in [-0.3, -0.25) is 4.79 Å².